The zero-order valence-electron chi connectivity index (χ0n) is 17.3. The molecule has 0 amide bonds. The number of likely N-dealkylation sites (N-methyl/N-ethyl adjacent to an activating group) is 1. The summed E-state index contributed by atoms with van der Waals surface area (Å²) in [5, 5.41) is 0.840. The summed E-state index contributed by atoms with van der Waals surface area (Å²) >= 11 is 6.13. The fourth-order valence-corrected chi connectivity index (χ4v) is 5.57. The van der Waals surface area contributed by atoms with Crippen LogP contribution in [0.2, 0.25) is 5.02 Å². The van der Waals surface area contributed by atoms with Gasteiger partial charge in [-0.15, -0.1) is 0 Å². The molecule has 2 aliphatic rings. The van der Waals surface area contributed by atoms with E-state index in [2.05, 4.69) is 78.5 Å². The van der Waals surface area contributed by atoms with Crippen LogP contribution in [0.1, 0.15) is 43.2 Å². The van der Waals surface area contributed by atoms with Crippen LogP contribution in [0.5, 0.6) is 0 Å². The van der Waals surface area contributed by atoms with Crippen LogP contribution in [-0.2, 0) is 10.8 Å². The van der Waals surface area contributed by atoms with Gasteiger partial charge in [-0.25, -0.2) is 0 Å². The van der Waals surface area contributed by atoms with Crippen LogP contribution in [0.4, 0.5) is 0 Å². The molecule has 0 bridgehead atoms. The Morgan fingerprint density at radius 1 is 0.821 bits per heavy atom. The first-order valence-electron chi connectivity index (χ1n) is 10.7. The summed E-state index contributed by atoms with van der Waals surface area (Å²) in [6.07, 6.45) is 6.46. The highest BCUT2D eigenvalue weighted by molar-refractivity contribution is 6.30. The largest absolute Gasteiger partial charge is 0.309 e. The predicted molar refractivity (Wildman–Crippen MR) is 119 cm³/mol. The Labute approximate surface area is 175 Å². The second kappa shape index (κ2) is 8.18. The maximum atomic E-state index is 6.13. The van der Waals surface area contributed by atoms with Gasteiger partial charge in [-0.2, -0.15) is 0 Å². The summed E-state index contributed by atoms with van der Waals surface area (Å²) in [5.74, 6) is 0. The third-order valence-corrected chi connectivity index (χ3v) is 7.36. The molecule has 0 radical (unpaired) electrons. The van der Waals surface area contributed by atoms with Crippen LogP contribution < -0.4 is 0 Å². The molecule has 2 aromatic carbocycles. The SMILES string of the molecule is CN(C)CC1(c2ccccc2)CCN(CC2(c3ccc(Cl)cc3)CCC2)CC1. The number of hydrogen-bond acceptors (Lipinski definition) is 2. The fourth-order valence-electron chi connectivity index (χ4n) is 5.45. The molecule has 3 heteroatoms. The first-order chi connectivity index (χ1) is 13.5. The van der Waals surface area contributed by atoms with Crippen LogP contribution in [0, 0.1) is 0 Å². The van der Waals surface area contributed by atoms with Crippen LogP contribution in [-0.4, -0.2) is 50.1 Å². The molecule has 28 heavy (non-hydrogen) atoms. The zero-order valence-corrected chi connectivity index (χ0v) is 18.1. The average Bonchev–Trinajstić information content (AvgIpc) is 2.67. The zero-order chi connectivity index (χ0) is 19.6. The van der Waals surface area contributed by atoms with Crippen molar-refractivity contribution in [2.45, 2.75) is 42.9 Å². The van der Waals surface area contributed by atoms with Crippen molar-refractivity contribution in [1.29, 1.82) is 0 Å². The van der Waals surface area contributed by atoms with Crippen molar-refractivity contribution in [1.82, 2.24) is 9.80 Å². The quantitative estimate of drug-likeness (QED) is 0.648. The van der Waals surface area contributed by atoms with Crippen molar-refractivity contribution < 1.29 is 0 Å². The summed E-state index contributed by atoms with van der Waals surface area (Å²) < 4.78 is 0. The average molecular weight is 397 g/mol. The van der Waals surface area contributed by atoms with Gasteiger partial charge in [0.15, 0.2) is 0 Å². The molecule has 1 heterocycles. The molecule has 150 valence electrons. The number of halogens is 1. The Morgan fingerprint density at radius 2 is 1.43 bits per heavy atom. The first-order valence-corrected chi connectivity index (χ1v) is 11.1. The van der Waals surface area contributed by atoms with E-state index < -0.39 is 0 Å². The monoisotopic (exact) mass is 396 g/mol. The van der Waals surface area contributed by atoms with Crippen molar-refractivity contribution >= 4 is 11.6 Å². The fraction of sp³-hybridized carbons (Fsp3) is 0.520. The predicted octanol–water partition coefficient (Wildman–Crippen LogP) is 5.36. The van der Waals surface area contributed by atoms with E-state index in [9.17, 15) is 0 Å². The highest BCUT2D eigenvalue weighted by Crippen LogP contribution is 2.46. The number of hydrogen-bond donors (Lipinski definition) is 0. The van der Waals surface area contributed by atoms with Crippen molar-refractivity contribution in [3.8, 4) is 0 Å². The smallest absolute Gasteiger partial charge is 0.0406 e. The second-order valence-electron chi connectivity index (χ2n) is 9.30. The van der Waals surface area contributed by atoms with Crippen LogP contribution >= 0.6 is 11.6 Å². The van der Waals surface area contributed by atoms with E-state index in [1.165, 1.54) is 62.9 Å². The Balaban J connectivity index is 1.47. The third kappa shape index (κ3) is 4.01. The molecule has 0 atom stereocenters. The summed E-state index contributed by atoms with van der Waals surface area (Å²) in [5.41, 5.74) is 3.63. The molecule has 1 aliphatic heterocycles. The Bertz CT molecular complexity index is 757. The molecule has 0 aromatic heterocycles. The lowest BCUT2D eigenvalue weighted by Gasteiger charge is -2.49. The van der Waals surface area contributed by atoms with Gasteiger partial charge in [-0.1, -0.05) is 60.5 Å². The van der Waals surface area contributed by atoms with Gasteiger partial charge in [0, 0.05) is 28.9 Å². The van der Waals surface area contributed by atoms with E-state index in [1.54, 1.807) is 0 Å². The Morgan fingerprint density at radius 3 is 1.96 bits per heavy atom. The van der Waals surface area contributed by atoms with Gasteiger partial charge in [0.05, 0.1) is 0 Å². The third-order valence-electron chi connectivity index (χ3n) is 7.11. The Hall–Kier alpha value is -1.35. The molecule has 1 aliphatic carbocycles. The highest BCUT2D eigenvalue weighted by Gasteiger charge is 2.43. The van der Waals surface area contributed by atoms with Gasteiger partial charge in [-0.3, -0.25) is 0 Å². The maximum absolute atomic E-state index is 6.13. The minimum absolute atomic E-state index is 0.286. The van der Waals surface area contributed by atoms with Gasteiger partial charge in [0.1, 0.15) is 0 Å². The molecule has 1 saturated heterocycles. The molecule has 2 aromatic rings. The standard InChI is InChI=1S/C25H33ClN2/c1-27(2)19-25(21-7-4-3-5-8-21)15-17-28(18-16-25)20-24(13-6-14-24)22-9-11-23(26)12-10-22/h3-5,7-12H,6,13-20H2,1-2H3. The van der Waals surface area contributed by atoms with Crippen molar-refractivity contribution in [2.75, 3.05) is 40.3 Å². The van der Waals surface area contributed by atoms with Gasteiger partial charge >= 0.3 is 0 Å². The van der Waals surface area contributed by atoms with Crippen molar-refractivity contribution in [3.05, 3.63) is 70.7 Å². The van der Waals surface area contributed by atoms with E-state index in [4.69, 9.17) is 11.6 Å². The molecule has 0 spiro atoms. The second-order valence-corrected chi connectivity index (χ2v) is 9.74. The van der Waals surface area contributed by atoms with Crippen LogP contribution in [0.25, 0.3) is 0 Å². The highest BCUT2D eigenvalue weighted by atomic mass is 35.5. The molecule has 0 N–H and O–H groups in total. The molecular weight excluding hydrogens is 364 g/mol. The lowest BCUT2D eigenvalue weighted by atomic mass is 9.63. The first kappa shape index (κ1) is 19.9. The summed E-state index contributed by atoms with van der Waals surface area (Å²) in [6.45, 7) is 4.71. The van der Waals surface area contributed by atoms with E-state index in [-0.39, 0.29) is 5.41 Å². The maximum Gasteiger partial charge on any atom is 0.0406 e. The molecule has 0 unspecified atom stereocenters. The van der Waals surface area contributed by atoms with E-state index >= 15 is 0 Å². The van der Waals surface area contributed by atoms with E-state index in [0.29, 0.717) is 5.41 Å². The van der Waals surface area contributed by atoms with Crippen molar-refractivity contribution in [3.63, 3.8) is 0 Å². The topological polar surface area (TPSA) is 6.48 Å². The Kier molecular flexibility index (Phi) is 5.83. The van der Waals surface area contributed by atoms with Gasteiger partial charge in [0.25, 0.3) is 0 Å². The molecule has 1 saturated carbocycles. The number of benzene rings is 2. The van der Waals surface area contributed by atoms with Crippen LogP contribution in [0.15, 0.2) is 54.6 Å². The number of rotatable bonds is 6. The normalized spacial score (nSPS) is 21.4. The van der Waals surface area contributed by atoms with E-state index in [1.807, 2.05) is 0 Å². The van der Waals surface area contributed by atoms with Crippen LogP contribution in [0.3, 0.4) is 0 Å². The summed E-state index contributed by atoms with van der Waals surface area (Å²) in [4.78, 5) is 5.09. The summed E-state index contributed by atoms with van der Waals surface area (Å²) in [7, 11) is 4.42. The minimum Gasteiger partial charge on any atom is -0.309 e. The number of likely N-dealkylation sites (tertiary alicyclic amines) is 1. The number of nitrogens with zero attached hydrogens (tertiary/aromatic N) is 2. The van der Waals surface area contributed by atoms with Gasteiger partial charge in [-0.05, 0) is 76.1 Å². The molecular formula is C25H33ClN2. The summed E-state index contributed by atoms with van der Waals surface area (Å²) in [6, 6.07) is 19.8. The van der Waals surface area contributed by atoms with Gasteiger partial charge in [0.2, 0.25) is 0 Å². The lowest BCUT2D eigenvalue weighted by Crippen LogP contribution is -2.52. The van der Waals surface area contributed by atoms with E-state index in [0.717, 1.165) is 11.6 Å². The molecule has 2 fully saturated rings. The lowest BCUT2D eigenvalue weighted by molar-refractivity contribution is 0.0844. The van der Waals surface area contributed by atoms with Gasteiger partial charge < -0.3 is 9.80 Å². The molecule has 4 rings (SSSR count). The number of piperidine rings is 1. The minimum atomic E-state index is 0.286. The van der Waals surface area contributed by atoms with Crippen molar-refractivity contribution in [2.24, 2.45) is 0 Å². The molecule has 2 nitrogen and oxygen atoms in total.